The van der Waals surface area contributed by atoms with Crippen LogP contribution in [0.15, 0.2) is 10.2 Å². The van der Waals surface area contributed by atoms with Crippen molar-refractivity contribution in [1.82, 2.24) is 0 Å². The zero-order valence-electron chi connectivity index (χ0n) is 30.9. The molecule has 258 valence electrons. The molecule has 8 saturated carbocycles. The average molecular weight is 633 g/mol. The summed E-state index contributed by atoms with van der Waals surface area (Å²) in [5, 5.41) is 33.1. The molecule has 0 heterocycles. The van der Waals surface area contributed by atoms with E-state index in [0.717, 1.165) is 61.2 Å². The van der Waals surface area contributed by atoms with Crippen LogP contribution in [0.5, 0.6) is 0 Å². The topological polar surface area (TPSA) is 65.2 Å². The van der Waals surface area contributed by atoms with Crippen molar-refractivity contribution in [2.45, 2.75) is 169 Å². The minimum absolute atomic E-state index is 0.112. The van der Waals surface area contributed by atoms with Gasteiger partial charge in [0.25, 0.3) is 0 Å². The minimum Gasteiger partial charge on any atom is -0.390 e. The molecule has 0 aromatic rings. The van der Waals surface area contributed by atoms with Crippen LogP contribution in [-0.4, -0.2) is 32.8 Å². The molecule has 4 nitrogen and oxygen atoms in total. The molecule has 0 bridgehead atoms. The van der Waals surface area contributed by atoms with Gasteiger partial charge in [0, 0.05) is 11.4 Å². The van der Waals surface area contributed by atoms with Gasteiger partial charge in [0.1, 0.15) is 0 Å². The number of rotatable bonds is 1. The Labute approximate surface area is 281 Å². The summed E-state index contributed by atoms with van der Waals surface area (Å²) < 4.78 is 0. The molecule has 8 rings (SSSR count). The first-order valence-corrected chi connectivity index (χ1v) is 20.1. The van der Waals surface area contributed by atoms with E-state index in [4.69, 9.17) is 10.2 Å². The summed E-state index contributed by atoms with van der Waals surface area (Å²) in [5.74, 6) is 7.15. The first-order valence-electron chi connectivity index (χ1n) is 20.1. The van der Waals surface area contributed by atoms with Gasteiger partial charge in [-0.15, -0.1) is 0 Å². The summed E-state index contributed by atoms with van der Waals surface area (Å²) in [6.07, 6.45) is 19.7. The van der Waals surface area contributed by atoms with Crippen LogP contribution in [-0.2, 0) is 0 Å². The molecule has 2 N–H and O–H groups in total. The highest BCUT2D eigenvalue weighted by atomic mass is 16.3. The van der Waals surface area contributed by atoms with E-state index in [1.807, 2.05) is 0 Å². The SMILES string of the molecule is CC1C[C@@]2(C)C(CCC3C2CC[C@@]2(C)C3CC[C@]2(C)O)CC1=NN=C1CC2CCC3C(CC[C@@]4(C)C3CC[C@]4(C)O)[C@@]2(C)CC1C. The molecule has 0 aromatic heterocycles. The summed E-state index contributed by atoms with van der Waals surface area (Å²) >= 11 is 0. The zero-order valence-corrected chi connectivity index (χ0v) is 30.9. The molecule has 0 saturated heterocycles. The fraction of sp³-hybridized carbons (Fsp3) is 0.952. The van der Waals surface area contributed by atoms with Crippen LogP contribution in [0.3, 0.4) is 0 Å². The van der Waals surface area contributed by atoms with E-state index in [-0.39, 0.29) is 10.8 Å². The molecule has 46 heavy (non-hydrogen) atoms. The molecule has 8 aliphatic rings. The predicted molar refractivity (Wildman–Crippen MR) is 189 cm³/mol. The zero-order chi connectivity index (χ0) is 32.7. The van der Waals surface area contributed by atoms with E-state index in [1.54, 1.807) is 0 Å². The first kappa shape index (κ1) is 32.5. The lowest BCUT2D eigenvalue weighted by molar-refractivity contribution is -0.142. The van der Waals surface area contributed by atoms with Crippen molar-refractivity contribution < 1.29 is 10.2 Å². The van der Waals surface area contributed by atoms with Gasteiger partial charge in [0.2, 0.25) is 0 Å². The molecular formula is C42H68N2O2. The van der Waals surface area contributed by atoms with Crippen molar-refractivity contribution in [2.24, 2.45) is 91.0 Å². The maximum atomic E-state index is 11.3. The highest BCUT2D eigenvalue weighted by Crippen LogP contribution is 2.70. The molecule has 8 aliphatic carbocycles. The third-order valence-corrected chi connectivity index (χ3v) is 19.1. The van der Waals surface area contributed by atoms with Gasteiger partial charge in [0.05, 0.1) is 11.2 Å². The van der Waals surface area contributed by atoms with Crippen molar-refractivity contribution in [2.75, 3.05) is 0 Å². The highest BCUT2D eigenvalue weighted by Gasteiger charge is 2.65. The number of aliphatic hydroxyl groups is 2. The van der Waals surface area contributed by atoms with E-state index >= 15 is 0 Å². The minimum atomic E-state index is -0.484. The Hall–Kier alpha value is -0.740. The average Bonchev–Trinajstić information content (AvgIpc) is 3.38. The maximum absolute atomic E-state index is 11.3. The number of fused-ring (bicyclic) bond motifs is 10. The van der Waals surface area contributed by atoms with Crippen LogP contribution in [0.1, 0.15) is 158 Å². The van der Waals surface area contributed by atoms with Gasteiger partial charge >= 0.3 is 0 Å². The van der Waals surface area contributed by atoms with Crippen molar-refractivity contribution in [3.8, 4) is 0 Å². The van der Waals surface area contributed by atoms with Crippen molar-refractivity contribution in [3.63, 3.8) is 0 Å². The van der Waals surface area contributed by atoms with Gasteiger partial charge in [-0.3, -0.25) is 0 Å². The molecule has 8 fully saturated rings. The van der Waals surface area contributed by atoms with Crippen molar-refractivity contribution in [3.05, 3.63) is 0 Å². The van der Waals surface area contributed by atoms with Crippen molar-refractivity contribution in [1.29, 1.82) is 0 Å². The Kier molecular flexibility index (Phi) is 7.34. The molecule has 0 aromatic carbocycles. The van der Waals surface area contributed by atoms with Crippen LogP contribution < -0.4 is 0 Å². The second kappa shape index (κ2) is 10.4. The van der Waals surface area contributed by atoms with Crippen LogP contribution in [0, 0.1) is 80.8 Å². The summed E-state index contributed by atoms with van der Waals surface area (Å²) in [6, 6.07) is 0. The predicted octanol–water partition coefficient (Wildman–Crippen LogP) is 9.86. The molecule has 0 radical (unpaired) electrons. The van der Waals surface area contributed by atoms with Crippen LogP contribution in [0.4, 0.5) is 0 Å². The highest BCUT2D eigenvalue weighted by molar-refractivity contribution is 5.91. The third kappa shape index (κ3) is 4.29. The third-order valence-electron chi connectivity index (χ3n) is 19.1. The quantitative estimate of drug-likeness (QED) is 0.283. The van der Waals surface area contributed by atoms with E-state index in [0.29, 0.717) is 34.5 Å². The molecule has 0 aliphatic heterocycles. The second-order valence-corrected chi connectivity index (χ2v) is 20.7. The molecule has 4 heteroatoms. The molecular weight excluding hydrogens is 564 g/mol. The van der Waals surface area contributed by atoms with Crippen LogP contribution in [0.25, 0.3) is 0 Å². The summed E-state index contributed by atoms with van der Waals surface area (Å²) in [4.78, 5) is 0. The smallest absolute Gasteiger partial charge is 0.0675 e. The Balaban J connectivity index is 0.969. The van der Waals surface area contributed by atoms with Gasteiger partial charge in [-0.25, -0.2) is 0 Å². The Morgan fingerprint density at radius 2 is 0.870 bits per heavy atom. The fourth-order valence-corrected chi connectivity index (χ4v) is 15.7. The molecule has 16 atom stereocenters. The normalized spacial score (nSPS) is 61.3. The van der Waals surface area contributed by atoms with E-state index in [1.165, 1.54) is 88.5 Å². The lowest BCUT2D eigenvalue weighted by Crippen LogP contribution is -2.57. The van der Waals surface area contributed by atoms with Gasteiger partial charge in [-0.05, 0) is 197 Å². The fourth-order valence-electron chi connectivity index (χ4n) is 15.7. The van der Waals surface area contributed by atoms with Crippen molar-refractivity contribution >= 4 is 11.4 Å². The lowest BCUT2D eigenvalue weighted by atomic mass is 9.43. The molecule has 0 spiro atoms. The first-order chi connectivity index (χ1) is 21.5. The molecule has 10 unspecified atom stereocenters. The van der Waals surface area contributed by atoms with Crippen LogP contribution in [0.2, 0.25) is 0 Å². The Morgan fingerprint density at radius 1 is 0.500 bits per heavy atom. The standard InChI is InChI=1S/C42H68N2O2/c1-25-23-37(3)27(9-11-29-31(37)13-17-39(5)33(29)15-19-41(39,7)45)21-35(25)43-44-36-22-28-10-12-30-32(38(28,4)24-26(36)2)14-18-40(6)34(30)16-20-42(40,8)46/h25-34,45-46H,9-24H2,1-8H3/t25?,26?,27?,28?,29?,30?,31?,32?,33?,34?,37-,38-,39-,40-,41-,42-/m0/s1. The number of hydrogen-bond donors (Lipinski definition) is 2. The Morgan fingerprint density at radius 3 is 1.26 bits per heavy atom. The van der Waals surface area contributed by atoms with E-state index in [9.17, 15) is 10.2 Å². The van der Waals surface area contributed by atoms with Gasteiger partial charge in [0.15, 0.2) is 0 Å². The van der Waals surface area contributed by atoms with Gasteiger partial charge in [-0.1, -0.05) is 41.5 Å². The monoisotopic (exact) mass is 633 g/mol. The van der Waals surface area contributed by atoms with Gasteiger partial charge in [-0.2, -0.15) is 10.2 Å². The molecule has 0 amide bonds. The lowest BCUT2D eigenvalue weighted by Gasteiger charge is -2.62. The number of hydrogen-bond acceptors (Lipinski definition) is 4. The maximum Gasteiger partial charge on any atom is 0.0675 e. The van der Waals surface area contributed by atoms with Gasteiger partial charge < -0.3 is 10.2 Å². The largest absolute Gasteiger partial charge is 0.390 e. The summed E-state index contributed by atoms with van der Waals surface area (Å²) in [7, 11) is 0. The van der Waals surface area contributed by atoms with E-state index in [2.05, 4.69) is 55.4 Å². The summed E-state index contributed by atoms with van der Waals surface area (Å²) in [5.41, 5.74) is 2.86. The Bertz CT molecular complexity index is 1200. The van der Waals surface area contributed by atoms with E-state index < -0.39 is 11.2 Å². The number of nitrogens with zero attached hydrogens (tertiary/aromatic N) is 2. The second-order valence-electron chi connectivity index (χ2n) is 20.7. The summed E-state index contributed by atoms with van der Waals surface area (Å²) in [6.45, 7) is 19.4. The van der Waals surface area contributed by atoms with Crippen LogP contribution >= 0.6 is 0 Å².